The second kappa shape index (κ2) is 10.4. The zero-order chi connectivity index (χ0) is 23.0. The molecule has 166 valence electrons. The topological polar surface area (TPSA) is 59.0 Å². The van der Waals surface area contributed by atoms with Crippen LogP contribution in [0.2, 0.25) is 0 Å². The van der Waals surface area contributed by atoms with Gasteiger partial charge in [0.2, 0.25) is 6.41 Å². The van der Waals surface area contributed by atoms with Gasteiger partial charge in [-0.25, -0.2) is 0 Å². The number of hydrogen-bond donors (Lipinski definition) is 1. The summed E-state index contributed by atoms with van der Waals surface area (Å²) >= 11 is 0. The quantitative estimate of drug-likeness (QED) is 0.334. The molecule has 4 rings (SSSR count). The van der Waals surface area contributed by atoms with E-state index in [2.05, 4.69) is 0 Å². The first-order valence-electron chi connectivity index (χ1n) is 10.6. The molecule has 1 N–H and O–H groups in total. The number of hydrogen-bond acceptors (Lipinski definition) is 4. The van der Waals surface area contributed by atoms with Crippen molar-refractivity contribution in [3.63, 3.8) is 0 Å². The van der Waals surface area contributed by atoms with Crippen LogP contribution in [0.5, 0.6) is 17.2 Å². The van der Waals surface area contributed by atoms with Crippen molar-refractivity contribution in [2.24, 2.45) is 0 Å². The molecule has 0 radical (unpaired) electrons. The standard InChI is InChI=1S/C28H25NO4/c1-29(20-30)25-15-9-8-14-23(25)24-16-27(32-18-21-10-4-2-5-11-21)28(17-26(24)31)33-19-22-12-6-3-7-13-22/h2-17,20,31H,18-19H2,1H3. The fraction of sp³-hybridized carbons (Fsp3) is 0.107. The van der Waals surface area contributed by atoms with Crippen molar-refractivity contribution in [3.8, 4) is 28.4 Å². The Balaban J connectivity index is 1.71. The Hall–Kier alpha value is -4.25. The van der Waals surface area contributed by atoms with Crippen molar-refractivity contribution >= 4 is 12.1 Å². The van der Waals surface area contributed by atoms with Crippen LogP contribution >= 0.6 is 0 Å². The summed E-state index contributed by atoms with van der Waals surface area (Å²) in [5.74, 6) is 0.986. The van der Waals surface area contributed by atoms with E-state index in [4.69, 9.17) is 9.47 Å². The summed E-state index contributed by atoms with van der Waals surface area (Å²) in [7, 11) is 1.67. The lowest BCUT2D eigenvalue weighted by atomic mass is 10.0. The third-order valence-electron chi connectivity index (χ3n) is 5.27. The van der Waals surface area contributed by atoms with Crippen molar-refractivity contribution in [1.29, 1.82) is 0 Å². The minimum Gasteiger partial charge on any atom is -0.507 e. The Morgan fingerprint density at radius 1 is 0.727 bits per heavy atom. The molecule has 4 aromatic carbocycles. The first kappa shape index (κ1) is 22.0. The molecule has 5 nitrogen and oxygen atoms in total. The molecule has 4 aromatic rings. The zero-order valence-electron chi connectivity index (χ0n) is 18.3. The number of benzene rings is 4. The van der Waals surface area contributed by atoms with Crippen molar-refractivity contribution in [1.82, 2.24) is 0 Å². The summed E-state index contributed by atoms with van der Waals surface area (Å²) in [6.45, 7) is 0.689. The number of amides is 1. The van der Waals surface area contributed by atoms with Gasteiger partial charge in [-0.1, -0.05) is 78.9 Å². The second-order valence-electron chi connectivity index (χ2n) is 7.60. The Kier molecular flexibility index (Phi) is 6.90. The molecular weight excluding hydrogens is 414 g/mol. The molecule has 0 fully saturated rings. The zero-order valence-corrected chi connectivity index (χ0v) is 18.3. The number of nitrogens with zero attached hydrogens (tertiary/aromatic N) is 1. The highest BCUT2D eigenvalue weighted by atomic mass is 16.5. The lowest BCUT2D eigenvalue weighted by Crippen LogP contribution is -2.14. The number of anilines is 1. The summed E-state index contributed by atoms with van der Waals surface area (Å²) in [5, 5.41) is 10.9. The number of rotatable bonds is 9. The highest BCUT2D eigenvalue weighted by Gasteiger charge is 2.17. The van der Waals surface area contributed by atoms with Crippen LogP contribution in [0.25, 0.3) is 11.1 Å². The van der Waals surface area contributed by atoms with Crippen LogP contribution in [0.4, 0.5) is 5.69 Å². The predicted octanol–water partition coefficient (Wildman–Crippen LogP) is 5.81. The number of para-hydroxylation sites is 1. The first-order valence-corrected chi connectivity index (χ1v) is 10.6. The molecule has 0 atom stereocenters. The van der Waals surface area contributed by atoms with Gasteiger partial charge in [0.1, 0.15) is 19.0 Å². The van der Waals surface area contributed by atoms with Gasteiger partial charge < -0.3 is 19.5 Å². The minimum absolute atomic E-state index is 0.0388. The second-order valence-corrected chi connectivity index (χ2v) is 7.60. The maximum Gasteiger partial charge on any atom is 0.213 e. The van der Waals surface area contributed by atoms with Crippen LogP contribution in [0.3, 0.4) is 0 Å². The Morgan fingerprint density at radius 2 is 1.24 bits per heavy atom. The van der Waals surface area contributed by atoms with E-state index in [0.29, 0.717) is 41.5 Å². The number of ether oxygens (including phenoxy) is 2. The van der Waals surface area contributed by atoms with Crippen LogP contribution in [0.1, 0.15) is 11.1 Å². The van der Waals surface area contributed by atoms with Crippen LogP contribution < -0.4 is 14.4 Å². The van der Waals surface area contributed by atoms with Crippen LogP contribution in [0.15, 0.2) is 97.1 Å². The number of phenolic OH excluding ortho intramolecular Hbond substituents is 1. The smallest absolute Gasteiger partial charge is 0.213 e. The Morgan fingerprint density at radius 3 is 1.82 bits per heavy atom. The maximum atomic E-state index is 11.4. The largest absolute Gasteiger partial charge is 0.507 e. The molecule has 0 aliphatic heterocycles. The molecule has 1 amide bonds. The minimum atomic E-state index is 0.0388. The molecule has 0 spiro atoms. The normalized spacial score (nSPS) is 10.5. The summed E-state index contributed by atoms with van der Waals surface area (Å²) < 4.78 is 12.2. The predicted molar refractivity (Wildman–Crippen MR) is 130 cm³/mol. The number of aromatic hydroxyl groups is 1. The van der Waals surface area contributed by atoms with Gasteiger partial charge in [0.25, 0.3) is 0 Å². The fourth-order valence-electron chi connectivity index (χ4n) is 3.53. The van der Waals surface area contributed by atoms with Crippen molar-refractivity contribution < 1.29 is 19.4 Å². The van der Waals surface area contributed by atoms with Gasteiger partial charge in [-0.3, -0.25) is 4.79 Å². The monoisotopic (exact) mass is 439 g/mol. The van der Waals surface area contributed by atoms with Gasteiger partial charge >= 0.3 is 0 Å². The SMILES string of the molecule is CN(C=O)c1ccccc1-c1cc(OCc2ccccc2)c(OCc2ccccc2)cc1O. The molecular formula is C28H25NO4. The Bertz CT molecular complexity index is 1210. The molecule has 0 unspecified atom stereocenters. The Labute approximate surface area is 193 Å². The summed E-state index contributed by atoms with van der Waals surface area (Å²) in [4.78, 5) is 12.9. The number of phenols is 1. The highest BCUT2D eigenvalue weighted by Crippen LogP contribution is 2.43. The van der Waals surface area contributed by atoms with Gasteiger partial charge in [0, 0.05) is 24.2 Å². The molecule has 5 heteroatoms. The van der Waals surface area contributed by atoms with E-state index >= 15 is 0 Å². The van der Waals surface area contributed by atoms with Gasteiger partial charge in [-0.15, -0.1) is 0 Å². The van der Waals surface area contributed by atoms with E-state index in [1.54, 1.807) is 19.2 Å². The van der Waals surface area contributed by atoms with E-state index in [0.717, 1.165) is 17.5 Å². The average molecular weight is 440 g/mol. The third kappa shape index (κ3) is 5.33. The molecule has 0 aromatic heterocycles. The van der Waals surface area contributed by atoms with Crippen molar-refractivity contribution in [2.45, 2.75) is 13.2 Å². The van der Waals surface area contributed by atoms with Crippen molar-refractivity contribution in [2.75, 3.05) is 11.9 Å². The lowest BCUT2D eigenvalue weighted by molar-refractivity contribution is -0.107. The van der Waals surface area contributed by atoms with Crippen LogP contribution in [0, 0.1) is 0 Å². The number of carbonyl (C=O) groups is 1. The number of carbonyl (C=O) groups excluding carboxylic acids is 1. The molecule has 0 heterocycles. The van der Waals surface area contributed by atoms with Crippen LogP contribution in [-0.2, 0) is 18.0 Å². The molecule has 33 heavy (non-hydrogen) atoms. The summed E-state index contributed by atoms with van der Waals surface area (Å²) in [6, 6.07) is 30.4. The lowest BCUT2D eigenvalue weighted by Gasteiger charge is -2.19. The van der Waals surface area contributed by atoms with E-state index < -0.39 is 0 Å². The maximum absolute atomic E-state index is 11.4. The van der Waals surface area contributed by atoms with Crippen molar-refractivity contribution in [3.05, 3.63) is 108 Å². The molecule has 0 aliphatic carbocycles. The van der Waals surface area contributed by atoms with Gasteiger partial charge in [-0.2, -0.15) is 0 Å². The van der Waals surface area contributed by atoms with Gasteiger partial charge in [0.15, 0.2) is 11.5 Å². The third-order valence-corrected chi connectivity index (χ3v) is 5.27. The van der Waals surface area contributed by atoms with Crippen LogP contribution in [-0.4, -0.2) is 18.6 Å². The van der Waals surface area contributed by atoms with E-state index in [1.165, 1.54) is 4.90 Å². The molecule has 0 saturated carbocycles. The first-order chi connectivity index (χ1) is 16.2. The van der Waals surface area contributed by atoms with Gasteiger partial charge in [-0.05, 0) is 23.3 Å². The fourth-order valence-corrected chi connectivity index (χ4v) is 3.53. The summed E-state index contributed by atoms with van der Waals surface area (Å²) in [5.41, 5.74) is 3.96. The van der Waals surface area contributed by atoms with E-state index in [9.17, 15) is 9.90 Å². The molecule has 0 saturated heterocycles. The highest BCUT2D eigenvalue weighted by molar-refractivity contribution is 5.89. The van der Waals surface area contributed by atoms with E-state index in [-0.39, 0.29) is 5.75 Å². The van der Waals surface area contributed by atoms with E-state index in [1.807, 2.05) is 84.9 Å². The molecule has 0 bridgehead atoms. The summed E-state index contributed by atoms with van der Waals surface area (Å²) in [6.07, 6.45) is 0.736. The molecule has 0 aliphatic rings. The average Bonchev–Trinajstić information content (AvgIpc) is 2.87. The van der Waals surface area contributed by atoms with Gasteiger partial charge in [0.05, 0.1) is 5.69 Å².